The topological polar surface area (TPSA) is 53.1 Å². The van der Waals surface area contributed by atoms with E-state index in [4.69, 9.17) is 10.5 Å². The molecule has 0 aromatic carbocycles. The maximum atomic E-state index is 5.57. The minimum Gasteiger partial charge on any atom is -0.396 e. The van der Waals surface area contributed by atoms with Crippen molar-refractivity contribution in [2.75, 3.05) is 12.3 Å². The maximum Gasteiger partial charge on any atom is 0.139 e. The summed E-state index contributed by atoms with van der Waals surface area (Å²) in [7, 11) is 0. The Bertz CT molecular complexity index is 232. The number of anilines is 1. The van der Waals surface area contributed by atoms with Crippen molar-refractivity contribution in [2.45, 2.75) is 20.6 Å². The second kappa shape index (κ2) is 3.39. The van der Waals surface area contributed by atoms with Gasteiger partial charge < -0.3 is 10.5 Å². The molecule has 0 radical (unpaired) electrons. The molecule has 1 aromatic rings. The lowest BCUT2D eigenvalue weighted by atomic mass is 10.4. The minimum atomic E-state index is 0.486. The average molecular weight is 155 g/mol. The van der Waals surface area contributed by atoms with Crippen molar-refractivity contribution in [1.29, 1.82) is 0 Å². The van der Waals surface area contributed by atoms with E-state index >= 15 is 0 Å². The molecule has 0 aliphatic rings. The number of hydrogen-bond donors (Lipinski definition) is 1. The molecule has 4 heteroatoms. The van der Waals surface area contributed by atoms with E-state index in [1.165, 1.54) is 0 Å². The van der Waals surface area contributed by atoms with Gasteiger partial charge in [-0.15, -0.1) is 0 Å². The van der Waals surface area contributed by atoms with Crippen molar-refractivity contribution < 1.29 is 4.74 Å². The van der Waals surface area contributed by atoms with Crippen LogP contribution in [0.25, 0.3) is 0 Å². The molecule has 0 spiro atoms. The Labute approximate surface area is 66.0 Å². The third-order valence-corrected chi connectivity index (χ3v) is 1.56. The summed E-state index contributed by atoms with van der Waals surface area (Å²) in [5.41, 5.74) is 7.24. The van der Waals surface area contributed by atoms with Crippen LogP contribution in [0.4, 0.5) is 5.69 Å². The number of ether oxygens (including phenoxy) is 1. The summed E-state index contributed by atoms with van der Waals surface area (Å²) >= 11 is 0. The summed E-state index contributed by atoms with van der Waals surface area (Å²) < 4.78 is 6.89. The molecule has 0 bridgehead atoms. The van der Waals surface area contributed by atoms with Gasteiger partial charge in [-0.3, -0.25) is 0 Å². The summed E-state index contributed by atoms with van der Waals surface area (Å²) in [5, 5.41) is 4.02. The molecular weight excluding hydrogens is 142 g/mol. The molecule has 4 nitrogen and oxygen atoms in total. The Hall–Kier alpha value is -1.03. The van der Waals surface area contributed by atoms with E-state index in [1.54, 1.807) is 10.9 Å². The highest BCUT2D eigenvalue weighted by Gasteiger charge is 2.00. The summed E-state index contributed by atoms with van der Waals surface area (Å²) in [6.45, 7) is 5.04. The van der Waals surface area contributed by atoms with Gasteiger partial charge in [0.2, 0.25) is 0 Å². The second-order valence-electron chi connectivity index (χ2n) is 2.31. The predicted molar refractivity (Wildman–Crippen MR) is 43.0 cm³/mol. The number of rotatable bonds is 3. The summed E-state index contributed by atoms with van der Waals surface area (Å²) in [4.78, 5) is 0. The monoisotopic (exact) mass is 155 g/mol. The van der Waals surface area contributed by atoms with E-state index in [2.05, 4.69) is 5.10 Å². The lowest BCUT2D eigenvalue weighted by molar-refractivity contribution is 0.0778. The van der Waals surface area contributed by atoms with Gasteiger partial charge in [0.15, 0.2) is 0 Å². The lowest BCUT2D eigenvalue weighted by Gasteiger charge is -2.03. The van der Waals surface area contributed by atoms with Crippen LogP contribution in [-0.2, 0) is 11.5 Å². The van der Waals surface area contributed by atoms with Crippen molar-refractivity contribution in [2.24, 2.45) is 0 Å². The fourth-order valence-electron chi connectivity index (χ4n) is 0.769. The normalized spacial score (nSPS) is 10.4. The van der Waals surface area contributed by atoms with E-state index in [1.807, 2.05) is 13.8 Å². The van der Waals surface area contributed by atoms with E-state index in [9.17, 15) is 0 Å². The van der Waals surface area contributed by atoms with Crippen LogP contribution < -0.4 is 5.73 Å². The number of aromatic nitrogens is 2. The molecule has 2 N–H and O–H groups in total. The van der Waals surface area contributed by atoms with Crippen LogP contribution in [-0.4, -0.2) is 16.4 Å². The molecule has 0 amide bonds. The Morgan fingerprint density at radius 3 is 2.91 bits per heavy atom. The summed E-state index contributed by atoms with van der Waals surface area (Å²) in [5.74, 6) is 0. The van der Waals surface area contributed by atoms with Crippen molar-refractivity contribution >= 4 is 5.69 Å². The number of hydrogen-bond acceptors (Lipinski definition) is 3. The fourth-order valence-corrected chi connectivity index (χ4v) is 0.769. The summed E-state index contributed by atoms with van der Waals surface area (Å²) in [6, 6.07) is 0. The van der Waals surface area contributed by atoms with Crippen LogP contribution in [0, 0.1) is 6.92 Å². The van der Waals surface area contributed by atoms with Crippen LogP contribution in [0.1, 0.15) is 12.6 Å². The Balaban J connectivity index is 2.63. The average Bonchev–Trinajstić information content (AvgIpc) is 2.31. The molecule has 1 aromatic heterocycles. The molecule has 0 aliphatic carbocycles. The number of nitrogen functional groups attached to an aromatic ring is 1. The SMILES string of the molecule is CCOCn1ncc(N)c1C. The Morgan fingerprint density at radius 1 is 1.73 bits per heavy atom. The zero-order valence-electron chi connectivity index (χ0n) is 6.87. The van der Waals surface area contributed by atoms with Gasteiger partial charge in [0.25, 0.3) is 0 Å². The quantitative estimate of drug-likeness (QED) is 0.701. The molecule has 0 aliphatic heterocycles. The number of nitrogens with zero attached hydrogens (tertiary/aromatic N) is 2. The Kier molecular flexibility index (Phi) is 2.48. The molecule has 1 heterocycles. The summed E-state index contributed by atoms with van der Waals surface area (Å²) in [6.07, 6.45) is 1.63. The molecular formula is C7H13N3O. The first-order valence-corrected chi connectivity index (χ1v) is 3.61. The van der Waals surface area contributed by atoms with Gasteiger partial charge in [-0.1, -0.05) is 0 Å². The molecule has 1 rings (SSSR count). The van der Waals surface area contributed by atoms with Crippen LogP contribution in [0.5, 0.6) is 0 Å². The Morgan fingerprint density at radius 2 is 2.45 bits per heavy atom. The van der Waals surface area contributed by atoms with Crippen molar-refractivity contribution in [3.05, 3.63) is 11.9 Å². The minimum absolute atomic E-state index is 0.486. The van der Waals surface area contributed by atoms with Crippen LogP contribution in [0.15, 0.2) is 6.20 Å². The molecule has 0 atom stereocenters. The van der Waals surface area contributed by atoms with Crippen molar-refractivity contribution in [1.82, 2.24) is 9.78 Å². The zero-order valence-corrected chi connectivity index (χ0v) is 6.87. The van der Waals surface area contributed by atoms with Crippen molar-refractivity contribution in [3.63, 3.8) is 0 Å². The third-order valence-electron chi connectivity index (χ3n) is 1.56. The van der Waals surface area contributed by atoms with Gasteiger partial charge in [0.05, 0.1) is 17.6 Å². The zero-order chi connectivity index (χ0) is 8.27. The molecule has 11 heavy (non-hydrogen) atoms. The molecule has 0 fully saturated rings. The van der Waals surface area contributed by atoms with Crippen LogP contribution in [0.3, 0.4) is 0 Å². The van der Waals surface area contributed by atoms with Gasteiger partial charge in [0.1, 0.15) is 6.73 Å². The van der Waals surface area contributed by atoms with Crippen LogP contribution >= 0.6 is 0 Å². The largest absolute Gasteiger partial charge is 0.396 e. The second-order valence-corrected chi connectivity index (χ2v) is 2.31. The first-order valence-electron chi connectivity index (χ1n) is 3.61. The van der Waals surface area contributed by atoms with Crippen LogP contribution in [0.2, 0.25) is 0 Å². The highest BCUT2D eigenvalue weighted by atomic mass is 16.5. The van der Waals surface area contributed by atoms with E-state index in [-0.39, 0.29) is 0 Å². The maximum absolute atomic E-state index is 5.57. The fraction of sp³-hybridized carbons (Fsp3) is 0.571. The van der Waals surface area contributed by atoms with E-state index in [0.29, 0.717) is 19.0 Å². The van der Waals surface area contributed by atoms with Gasteiger partial charge >= 0.3 is 0 Å². The molecule has 0 saturated carbocycles. The third kappa shape index (κ3) is 1.71. The first kappa shape index (κ1) is 8.07. The predicted octanol–water partition coefficient (Wildman–Crippen LogP) is 0.768. The lowest BCUT2D eigenvalue weighted by Crippen LogP contribution is -2.05. The van der Waals surface area contributed by atoms with Gasteiger partial charge in [-0.25, -0.2) is 4.68 Å². The highest BCUT2D eigenvalue weighted by Crippen LogP contribution is 2.07. The van der Waals surface area contributed by atoms with Gasteiger partial charge in [-0.05, 0) is 13.8 Å². The smallest absolute Gasteiger partial charge is 0.139 e. The standard InChI is InChI=1S/C7H13N3O/c1-3-11-5-10-6(2)7(8)4-9-10/h4H,3,5,8H2,1-2H3. The van der Waals surface area contributed by atoms with E-state index in [0.717, 1.165) is 5.69 Å². The molecule has 0 unspecified atom stereocenters. The van der Waals surface area contributed by atoms with Gasteiger partial charge in [-0.2, -0.15) is 5.10 Å². The molecule has 62 valence electrons. The highest BCUT2D eigenvalue weighted by molar-refractivity contribution is 5.39. The van der Waals surface area contributed by atoms with Crippen molar-refractivity contribution in [3.8, 4) is 0 Å². The number of nitrogens with two attached hydrogens (primary N) is 1. The first-order chi connectivity index (χ1) is 5.25. The van der Waals surface area contributed by atoms with Gasteiger partial charge in [0, 0.05) is 6.61 Å². The van der Waals surface area contributed by atoms with E-state index < -0.39 is 0 Å². The molecule has 0 saturated heterocycles.